The lowest BCUT2D eigenvalue weighted by Gasteiger charge is -2.28. The van der Waals surface area contributed by atoms with Gasteiger partial charge in [-0.2, -0.15) is 13.2 Å². The van der Waals surface area contributed by atoms with E-state index in [1.54, 1.807) is 0 Å². The first-order valence-corrected chi connectivity index (χ1v) is 8.34. The first-order valence-electron chi connectivity index (χ1n) is 8.34. The van der Waals surface area contributed by atoms with Crippen LogP contribution in [0.4, 0.5) is 29.2 Å². The molecule has 1 saturated heterocycles. The average Bonchev–Trinajstić information content (AvgIpc) is 3.12. The highest BCUT2D eigenvalue weighted by Gasteiger charge is 2.31. The number of rotatable bonds is 4. The Bertz CT molecular complexity index is 987. The molecule has 1 aliphatic heterocycles. The van der Waals surface area contributed by atoms with Crippen LogP contribution in [-0.2, 0) is 17.5 Å². The molecule has 4 rings (SSSR count). The summed E-state index contributed by atoms with van der Waals surface area (Å²) >= 11 is 0. The summed E-state index contributed by atoms with van der Waals surface area (Å²) in [5, 5.41) is 10.2. The zero-order chi connectivity index (χ0) is 19.7. The molecule has 12 heteroatoms. The highest BCUT2D eigenvalue weighted by molar-refractivity contribution is 5.74. The maximum absolute atomic E-state index is 13.6. The summed E-state index contributed by atoms with van der Waals surface area (Å²) in [5.74, 6) is -0.246. The maximum Gasteiger partial charge on any atom is 0.416 e. The molecule has 0 saturated carbocycles. The van der Waals surface area contributed by atoms with Crippen molar-refractivity contribution < 1.29 is 26.9 Å². The number of hydrogen-bond donors (Lipinski definition) is 1. The topological polar surface area (TPSA) is 89.2 Å². The van der Waals surface area contributed by atoms with Crippen LogP contribution < -0.4 is 10.2 Å². The van der Waals surface area contributed by atoms with Gasteiger partial charge in [0.25, 0.3) is 0 Å². The normalized spacial score (nSPS) is 15.2. The molecule has 1 N–H and O–H groups in total. The molecule has 0 aliphatic carbocycles. The zero-order valence-electron chi connectivity index (χ0n) is 14.3. The number of anilines is 2. The number of alkyl halides is 3. The Morgan fingerprint density at radius 1 is 1.04 bits per heavy atom. The smallest absolute Gasteiger partial charge is 0.378 e. The Hall–Kier alpha value is -3.02. The zero-order valence-corrected chi connectivity index (χ0v) is 14.3. The van der Waals surface area contributed by atoms with Crippen LogP contribution in [0.5, 0.6) is 0 Å². The number of halogens is 4. The van der Waals surface area contributed by atoms with E-state index in [0.717, 1.165) is 12.1 Å². The fourth-order valence-electron chi connectivity index (χ4n) is 2.85. The van der Waals surface area contributed by atoms with E-state index in [0.29, 0.717) is 38.2 Å². The second-order valence-corrected chi connectivity index (χ2v) is 6.11. The second-order valence-electron chi connectivity index (χ2n) is 6.11. The summed E-state index contributed by atoms with van der Waals surface area (Å²) in [6.07, 6.45) is -4.64. The molecule has 0 spiro atoms. The summed E-state index contributed by atoms with van der Waals surface area (Å²) in [6, 6.07) is 2.37. The van der Waals surface area contributed by atoms with E-state index in [1.807, 2.05) is 4.90 Å². The van der Waals surface area contributed by atoms with E-state index in [2.05, 4.69) is 30.2 Å². The number of aromatic nitrogens is 4. The van der Waals surface area contributed by atoms with Gasteiger partial charge in [-0.1, -0.05) is 0 Å². The molecule has 0 unspecified atom stereocenters. The molecular weight excluding hydrogens is 384 g/mol. The minimum absolute atomic E-state index is 0.0936. The first kappa shape index (κ1) is 18.3. The molecular formula is C16H14F4N6O2. The largest absolute Gasteiger partial charge is 0.416 e. The molecule has 0 radical (unpaired) electrons. The molecule has 3 heterocycles. The van der Waals surface area contributed by atoms with Crippen LogP contribution in [0, 0.1) is 5.82 Å². The lowest BCUT2D eigenvalue weighted by atomic mass is 10.1. The van der Waals surface area contributed by atoms with Crippen LogP contribution in [0.15, 0.2) is 22.8 Å². The molecule has 28 heavy (non-hydrogen) atoms. The van der Waals surface area contributed by atoms with Gasteiger partial charge < -0.3 is 15.0 Å². The van der Waals surface area contributed by atoms with Gasteiger partial charge in [-0.15, -0.1) is 0 Å². The molecule has 1 fully saturated rings. The molecule has 3 aromatic rings. The fourth-order valence-corrected chi connectivity index (χ4v) is 2.85. The van der Waals surface area contributed by atoms with Crippen molar-refractivity contribution in [2.24, 2.45) is 0 Å². The standard InChI is InChI=1S/C16H14F4N6O2/c17-11-6-9(5-10(7-11)16(18,19)20)8-21-14-15(26-1-3-27-4-2-26)23-13-12(22-14)24-28-25-13/h5-7H,1-4,8H2,(H,21,22,24). The Morgan fingerprint density at radius 2 is 1.75 bits per heavy atom. The van der Waals surface area contributed by atoms with Gasteiger partial charge in [0, 0.05) is 19.6 Å². The Balaban J connectivity index is 1.63. The van der Waals surface area contributed by atoms with Gasteiger partial charge in [0.2, 0.25) is 11.3 Å². The van der Waals surface area contributed by atoms with Crippen LogP contribution in [-0.4, -0.2) is 46.6 Å². The van der Waals surface area contributed by atoms with Gasteiger partial charge in [-0.25, -0.2) is 19.0 Å². The Morgan fingerprint density at radius 3 is 2.46 bits per heavy atom. The lowest BCUT2D eigenvalue weighted by molar-refractivity contribution is -0.137. The van der Waals surface area contributed by atoms with Gasteiger partial charge >= 0.3 is 6.18 Å². The summed E-state index contributed by atoms with van der Waals surface area (Å²) in [6.45, 7) is 2.00. The highest BCUT2D eigenvalue weighted by Crippen LogP contribution is 2.31. The van der Waals surface area contributed by atoms with E-state index in [9.17, 15) is 17.6 Å². The lowest BCUT2D eigenvalue weighted by Crippen LogP contribution is -2.37. The minimum atomic E-state index is -4.64. The van der Waals surface area contributed by atoms with Crippen LogP contribution in [0.25, 0.3) is 11.3 Å². The van der Waals surface area contributed by atoms with Crippen LogP contribution >= 0.6 is 0 Å². The molecule has 148 valence electrons. The third-order valence-electron chi connectivity index (χ3n) is 4.15. The van der Waals surface area contributed by atoms with Crippen molar-refractivity contribution in [1.29, 1.82) is 0 Å². The van der Waals surface area contributed by atoms with Crippen molar-refractivity contribution in [1.82, 2.24) is 20.3 Å². The van der Waals surface area contributed by atoms with Crippen LogP contribution in [0.2, 0.25) is 0 Å². The van der Waals surface area contributed by atoms with Crippen molar-refractivity contribution in [3.05, 3.63) is 35.1 Å². The summed E-state index contributed by atoms with van der Waals surface area (Å²) in [4.78, 5) is 10.6. The number of morpholine rings is 1. The summed E-state index contributed by atoms with van der Waals surface area (Å²) < 4.78 is 62.3. The molecule has 1 aliphatic rings. The van der Waals surface area contributed by atoms with Gasteiger partial charge in [0.1, 0.15) is 5.82 Å². The molecule has 2 aromatic heterocycles. The van der Waals surface area contributed by atoms with E-state index < -0.39 is 17.6 Å². The quantitative estimate of drug-likeness (QED) is 0.671. The maximum atomic E-state index is 13.6. The molecule has 8 nitrogen and oxygen atoms in total. The summed E-state index contributed by atoms with van der Waals surface area (Å²) in [5.41, 5.74) is -0.591. The van der Waals surface area contributed by atoms with Crippen LogP contribution in [0.3, 0.4) is 0 Å². The van der Waals surface area contributed by atoms with E-state index >= 15 is 0 Å². The fraction of sp³-hybridized carbons (Fsp3) is 0.375. The van der Waals surface area contributed by atoms with Crippen molar-refractivity contribution in [2.45, 2.75) is 12.7 Å². The predicted molar refractivity (Wildman–Crippen MR) is 89.2 cm³/mol. The van der Waals surface area contributed by atoms with Gasteiger partial charge in [0.15, 0.2) is 11.6 Å². The number of nitrogens with zero attached hydrogens (tertiary/aromatic N) is 5. The van der Waals surface area contributed by atoms with Gasteiger partial charge in [0.05, 0.1) is 18.8 Å². The first-order chi connectivity index (χ1) is 13.4. The Labute approximate surface area is 155 Å². The number of ether oxygens (including phenoxy) is 1. The van der Waals surface area contributed by atoms with Crippen molar-refractivity contribution in [3.63, 3.8) is 0 Å². The SMILES string of the molecule is Fc1cc(CNc2nc3nonc3nc2N2CCOCC2)cc(C(F)(F)F)c1. The number of benzene rings is 1. The minimum Gasteiger partial charge on any atom is -0.378 e. The average molecular weight is 398 g/mol. The van der Waals surface area contributed by atoms with Gasteiger partial charge in [-0.05, 0) is 34.1 Å². The highest BCUT2D eigenvalue weighted by atomic mass is 19.4. The third-order valence-corrected chi connectivity index (χ3v) is 4.15. The van der Waals surface area contributed by atoms with E-state index in [1.165, 1.54) is 0 Å². The van der Waals surface area contributed by atoms with Gasteiger partial charge in [-0.3, -0.25) is 0 Å². The number of hydrogen-bond acceptors (Lipinski definition) is 8. The second kappa shape index (κ2) is 7.19. The molecule has 0 bridgehead atoms. The number of nitrogens with one attached hydrogen (secondary N) is 1. The van der Waals surface area contributed by atoms with E-state index in [-0.39, 0.29) is 29.2 Å². The number of fused-ring (bicyclic) bond motifs is 1. The Kier molecular flexibility index (Phi) is 4.71. The monoisotopic (exact) mass is 398 g/mol. The summed E-state index contributed by atoms with van der Waals surface area (Å²) in [7, 11) is 0. The van der Waals surface area contributed by atoms with Crippen molar-refractivity contribution >= 4 is 22.9 Å². The molecule has 0 amide bonds. The third kappa shape index (κ3) is 3.81. The molecule has 0 atom stereocenters. The van der Waals surface area contributed by atoms with Crippen molar-refractivity contribution in [2.75, 3.05) is 36.5 Å². The predicted octanol–water partition coefficient (Wildman–Crippen LogP) is 2.62. The van der Waals surface area contributed by atoms with Crippen LogP contribution in [0.1, 0.15) is 11.1 Å². The van der Waals surface area contributed by atoms with Crippen molar-refractivity contribution in [3.8, 4) is 0 Å². The molecule has 1 aromatic carbocycles. The van der Waals surface area contributed by atoms with E-state index in [4.69, 9.17) is 4.74 Å².